The van der Waals surface area contributed by atoms with Crippen LogP contribution in [0.3, 0.4) is 0 Å². The first kappa shape index (κ1) is 12.0. The zero-order valence-corrected chi connectivity index (χ0v) is 8.34. The number of unbranched alkanes of at least 4 members (excludes halogenated alkanes) is 1. The van der Waals surface area contributed by atoms with E-state index in [1.54, 1.807) is 0 Å². The van der Waals surface area contributed by atoms with Gasteiger partial charge >= 0.3 is 11.5 Å². The van der Waals surface area contributed by atoms with Gasteiger partial charge in [-0.2, -0.15) is 0 Å². The van der Waals surface area contributed by atoms with E-state index < -0.39 is 11.5 Å². The Bertz CT molecular complexity index is 207. The van der Waals surface area contributed by atoms with Crippen LogP contribution in [0, 0.1) is 6.57 Å². The summed E-state index contributed by atoms with van der Waals surface area (Å²) in [6.07, 6.45) is 3.45. The maximum absolute atomic E-state index is 10.9. The first-order valence-electron chi connectivity index (χ1n) is 4.75. The minimum Gasteiger partial charge on any atom is -0.475 e. The minimum atomic E-state index is -1.15. The lowest BCUT2D eigenvalue weighted by atomic mass is 9.89. The van der Waals surface area contributed by atoms with Crippen molar-refractivity contribution in [1.29, 1.82) is 0 Å². The third-order valence-electron chi connectivity index (χ3n) is 2.22. The maximum Gasteiger partial charge on any atom is 0.390 e. The zero-order chi connectivity index (χ0) is 10.3. The van der Waals surface area contributed by atoms with Gasteiger partial charge in [-0.25, -0.2) is 11.4 Å². The van der Waals surface area contributed by atoms with Gasteiger partial charge in [-0.15, -0.1) is 0 Å². The molecule has 0 aromatic carbocycles. The Morgan fingerprint density at radius 3 is 2.31 bits per heavy atom. The van der Waals surface area contributed by atoms with E-state index >= 15 is 0 Å². The van der Waals surface area contributed by atoms with Gasteiger partial charge in [0.1, 0.15) is 0 Å². The van der Waals surface area contributed by atoms with E-state index in [2.05, 4.69) is 4.85 Å². The van der Waals surface area contributed by atoms with Crippen molar-refractivity contribution in [3.8, 4) is 0 Å². The molecule has 3 heteroatoms. The highest BCUT2D eigenvalue weighted by atomic mass is 16.4. The lowest BCUT2D eigenvalue weighted by Gasteiger charge is -2.15. The van der Waals surface area contributed by atoms with E-state index in [9.17, 15) is 4.79 Å². The van der Waals surface area contributed by atoms with Crippen molar-refractivity contribution in [3.63, 3.8) is 0 Å². The number of nitrogens with zero attached hydrogens (tertiary/aromatic N) is 1. The second-order valence-corrected chi connectivity index (χ2v) is 3.30. The lowest BCUT2D eigenvalue weighted by molar-refractivity contribution is -0.142. The van der Waals surface area contributed by atoms with E-state index in [0.29, 0.717) is 12.8 Å². The van der Waals surface area contributed by atoms with Crippen LogP contribution in [0.25, 0.3) is 4.85 Å². The monoisotopic (exact) mass is 183 g/mol. The number of rotatable bonds is 6. The molecule has 0 amide bonds. The van der Waals surface area contributed by atoms with Crippen molar-refractivity contribution < 1.29 is 9.90 Å². The van der Waals surface area contributed by atoms with Gasteiger partial charge < -0.3 is 5.11 Å². The molecule has 1 atom stereocenters. The molecule has 0 aromatic heterocycles. The summed E-state index contributed by atoms with van der Waals surface area (Å²) in [5.74, 6) is -0.960. The van der Waals surface area contributed by atoms with Crippen LogP contribution in [0.15, 0.2) is 0 Å². The van der Waals surface area contributed by atoms with Crippen LogP contribution in [0.5, 0.6) is 0 Å². The highest BCUT2D eigenvalue weighted by molar-refractivity contribution is 5.81. The van der Waals surface area contributed by atoms with Crippen molar-refractivity contribution in [2.75, 3.05) is 0 Å². The van der Waals surface area contributed by atoms with Crippen molar-refractivity contribution in [3.05, 3.63) is 11.4 Å². The average molecular weight is 183 g/mol. The number of aliphatic carboxylic acids is 1. The van der Waals surface area contributed by atoms with E-state index in [0.717, 1.165) is 19.3 Å². The van der Waals surface area contributed by atoms with Crippen LogP contribution in [0.2, 0.25) is 0 Å². The molecular formula is C10H17NO2. The zero-order valence-electron chi connectivity index (χ0n) is 8.34. The molecule has 0 aliphatic rings. The predicted octanol–water partition coefficient (Wildman–Crippen LogP) is 2.72. The molecule has 0 aromatic rings. The van der Waals surface area contributed by atoms with Crippen LogP contribution in [-0.4, -0.2) is 16.6 Å². The second kappa shape index (κ2) is 5.58. The summed E-state index contributed by atoms with van der Waals surface area (Å²) in [5.41, 5.74) is -1.15. The molecule has 0 saturated heterocycles. The highest BCUT2D eigenvalue weighted by Crippen LogP contribution is 2.25. The van der Waals surface area contributed by atoms with Crippen LogP contribution in [0.1, 0.15) is 46.0 Å². The molecule has 3 nitrogen and oxygen atoms in total. The molecule has 1 N–H and O–H groups in total. The fraction of sp³-hybridized carbons (Fsp3) is 0.800. The summed E-state index contributed by atoms with van der Waals surface area (Å²) < 4.78 is 0. The number of hydrogen-bond acceptors (Lipinski definition) is 1. The van der Waals surface area contributed by atoms with Gasteiger partial charge in [0.2, 0.25) is 0 Å². The molecule has 0 aliphatic heterocycles. The fourth-order valence-corrected chi connectivity index (χ4v) is 1.38. The molecule has 74 valence electrons. The van der Waals surface area contributed by atoms with Gasteiger partial charge in [0.25, 0.3) is 0 Å². The standard InChI is InChI=1S/C10H17NO2/c1-4-6-8-10(11-3,7-5-2)9(12)13/h4-8H2,1-2H3,(H,12,13). The largest absolute Gasteiger partial charge is 0.475 e. The van der Waals surface area contributed by atoms with E-state index in [-0.39, 0.29) is 0 Å². The molecule has 0 aliphatic carbocycles. The Kier molecular flexibility index (Phi) is 5.13. The van der Waals surface area contributed by atoms with Crippen molar-refractivity contribution in [1.82, 2.24) is 0 Å². The SMILES string of the molecule is [C-]#[N+]C(CCC)(CCCC)C(=O)O. The van der Waals surface area contributed by atoms with E-state index in [1.165, 1.54) is 0 Å². The predicted molar refractivity (Wildman–Crippen MR) is 51.4 cm³/mol. The van der Waals surface area contributed by atoms with Gasteiger partial charge in [0.15, 0.2) is 0 Å². The van der Waals surface area contributed by atoms with Crippen molar-refractivity contribution in [2.24, 2.45) is 0 Å². The van der Waals surface area contributed by atoms with Gasteiger partial charge in [-0.3, -0.25) is 4.85 Å². The van der Waals surface area contributed by atoms with Crippen LogP contribution in [0.4, 0.5) is 0 Å². The number of carboxylic acid groups (broad SMARTS) is 1. The first-order valence-corrected chi connectivity index (χ1v) is 4.75. The fourth-order valence-electron chi connectivity index (χ4n) is 1.38. The Morgan fingerprint density at radius 1 is 1.38 bits per heavy atom. The third kappa shape index (κ3) is 3.06. The molecule has 0 bridgehead atoms. The normalized spacial score (nSPS) is 14.5. The summed E-state index contributed by atoms with van der Waals surface area (Å²) in [6.45, 7) is 10.9. The van der Waals surface area contributed by atoms with Gasteiger partial charge in [0.05, 0.1) is 0 Å². The summed E-state index contributed by atoms with van der Waals surface area (Å²) >= 11 is 0. The van der Waals surface area contributed by atoms with Gasteiger partial charge in [-0.05, 0) is 12.8 Å². The molecule has 0 rings (SSSR count). The molecule has 0 radical (unpaired) electrons. The number of carboxylic acids is 1. The minimum absolute atomic E-state index is 0.464. The first-order chi connectivity index (χ1) is 6.13. The maximum atomic E-state index is 10.9. The van der Waals surface area contributed by atoms with Gasteiger partial charge in [0, 0.05) is 12.8 Å². The summed E-state index contributed by atoms with van der Waals surface area (Å²) in [7, 11) is 0. The molecule has 0 saturated carbocycles. The van der Waals surface area contributed by atoms with E-state index in [4.69, 9.17) is 11.7 Å². The summed E-state index contributed by atoms with van der Waals surface area (Å²) in [6, 6.07) is 0. The average Bonchev–Trinajstić information content (AvgIpc) is 2.12. The Labute approximate surface area is 79.6 Å². The van der Waals surface area contributed by atoms with Gasteiger partial charge in [-0.1, -0.05) is 20.3 Å². The van der Waals surface area contributed by atoms with Crippen LogP contribution in [-0.2, 0) is 4.79 Å². The molecule has 0 fully saturated rings. The molecular weight excluding hydrogens is 166 g/mol. The topological polar surface area (TPSA) is 41.7 Å². The molecule has 1 unspecified atom stereocenters. The molecule has 0 heterocycles. The lowest BCUT2D eigenvalue weighted by Crippen LogP contribution is -2.34. The summed E-state index contributed by atoms with van der Waals surface area (Å²) in [4.78, 5) is 14.2. The Hall–Kier alpha value is -1.04. The second-order valence-electron chi connectivity index (χ2n) is 3.30. The highest BCUT2D eigenvalue weighted by Gasteiger charge is 2.43. The Morgan fingerprint density at radius 2 is 2.00 bits per heavy atom. The quantitative estimate of drug-likeness (QED) is 0.643. The van der Waals surface area contributed by atoms with Crippen LogP contribution >= 0.6 is 0 Å². The van der Waals surface area contributed by atoms with Crippen molar-refractivity contribution >= 4 is 5.97 Å². The smallest absolute Gasteiger partial charge is 0.390 e. The summed E-state index contributed by atoms with van der Waals surface area (Å²) in [5, 5.41) is 8.97. The number of hydrogen-bond donors (Lipinski definition) is 1. The number of carbonyl (C=O) groups is 1. The van der Waals surface area contributed by atoms with E-state index in [1.807, 2.05) is 13.8 Å². The van der Waals surface area contributed by atoms with Crippen LogP contribution < -0.4 is 0 Å². The molecule has 0 spiro atoms. The Balaban J connectivity index is 4.47. The van der Waals surface area contributed by atoms with Crippen molar-refractivity contribution in [2.45, 2.75) is 51.5 Å². The third-order valence-corrected chi connectivity index (χ3v) is 2.22. The molecule has 13 heavy (non-hydrogen) atoms.